The number of aromatic nitrogens is 2. The van der Waals surface area contributed by atoms with Crippen LogP contribution in [0.15, 0.2) is 4.52 Å². The van der Waals surface area contributed by atoms with E-state index < -0.39 is 0 Å². The molecule has 0 saturated carbocycles. The Morgan fingerprint density at radius 1 is 1.50 bits per heavy atom. The third-order valence-corrected chi connectivity index (χ3v) is 1.37. The summed E-state index contributed by atoms with van der Waals surface area (Å²) in [7, 11) is 0. The lowest BCUT2D eigenvalue weighted by molar-refractivity contribution is 0.291. The van der Waals surface area contributed by atoms with Crippen LogP contribution in [-0.2, 0) is 6.42 Å². The summed E-state index contributed by atoms with van der Waals surface area (Å²) >= 11 is 0. The number of nitrogens with one attached hydrogen (secondary N) is 1. The fraction of sp³-hybridized carbons (Fsp3) is 0.714. The molecule has 0 aromatic carbocycles. The average Bonchev–Trinajstić information content (AvgIpc) is 2.45. The molecule has 5 nitrogen and oxygen atoms in total. The number of hydrogen-bond acceptors (Lipinski definition) is 5. The molecule has 1 rings (SSSR count). The van der Waals surface area contributed by atoms with Gasteiger partial charge in [0.1, 0.15) is 0 Å². The predicted octanol–water partition coefficient (Wildman–Crippen LogP) is -0.498. The second-order valence-electron chi connectivity index (χ2n) is 2.46. The van der Waals surface area contributed by atoms with E-state index in [-0.39, 0.29) is 6.61 Å². The van der Waals surface area contributed by atoms with Crippen molar-refractivity contribution in [2.24, 2.45) is 0 Å². The van der Waals surface area contributed by atoms with Crippen LogP contribution < -0.4 is 5.32 Å². The maximum absolute atomic E-state index is 8.45. The predicted molar refractivity (Wildman–Crippen MR) is 42.7 cm³/mol. The van der Waals surface area contributed by atoms with E-state index in [1.54, 1.807) is 6.92 Å². The Morgan fingerprint density at radius 3 is 2.92 bits per heavy atom. The van der Waals surface area contributed by atoms with E-state index in [2.05, 4.69) is 15.5 Å². The Labute approximate surface area is 70.8 Å². The molecule has 0 amide bonds. The fourth-order valence-corrected chi connectivity index (χ4v) is 0.841. The van der Waals surface area contributed by atoms with Crippen molar-refractivity contribution in [3.63, 3.8) is 0 Å². The highest BCUT2D eigenvalue weighted by atomic mass is 16.5. The second kappa shape index (κ2) is 4.84. The van der Waals surface area contributed by atoms with E-state index >= 15 is 0 Å². The van der Waals surface area contributed by atoms with Gasteiger partial charge in [0.25, 0.3) is 0 Å². The van der Waals surface area contributed by atoms with Crippen LogP contribution >= 0.6 is 0 Å². The lowest BCUT2D eigenvalue weighted by atomic mass is 10.4. The van der Waals surface area contributed by atoms with Crippen LogP contribution in [0.25, 0.3) is 0 Å². The summed E-state index contributed by atoms with van der Waals surface area (Å²) in [5.41, 5.74) is 0. The lowest BCUT2D eigenvalue weighted by Gasteiger charge is -1.97. The fourth-order valence-electron chi connectivity index (χ4n) is 0.841. The van der Waals surface area contributed by atoms with Gasteiger partial charge in [-0.1, -0.05) is 5.16 Å². The Bertz CT molecular complexity index is 224. The third-order valence-electron chi connectivity index (χ3n) is 1.37. The van der Waals surface area contributed by atoms with Gasteiger partial charge in [0, 0.05) is 19.5 Å². The summed E-state index contributed by atoms with van der Waals surface area (Å²) < 4.78 is 4.88. The molecular weight excluding hydrogens is 158 g/mol. The van der Waals surface area contributed by atoms with Crippen molar-refractivity contribution in [2.45, 2.75) is 13.3 Å². The molecule has 0 saturated heterocycles. The van der Waals surface area contributed by atoms with Gasteiger partial charge < -0.3 is 14.9 Å². The van der Waals surface area contributed by atoms with Gasteiger partial charge in [-0.3, -0.25) is 0 Å². The maximum atomic E-state index is 8.45. The first-order chi connectivity index (χ1) is 5.83. The van der Waals surface area contributed by atoms with Crippen molar-refractivity contribution in [1.29, 1.82) is 0 Å². The van der Waals surface area contributed by atoms with Gasteiger partial charge in [0.05, 0.1) is 6.61 Å². The molecule has 68 valence electrons. The van der Waals surface area contributed by atoms with Gasteiger partial charge >= 0.3 is 0 Å². The van der Waals surface area contributed by atoms with E-state index in [0.29, 0.717) is 24.7 Å². The van der Waals surface area contributed by atoms with Crippen LogP contribution in [-0.4, -0.2) is 34.9 Å². The molecule has 1 heterocycles. The number of aryl methyl sites for hydroxylation is 1. The largest absolute Gasteiger partial charge is 0.395 e. The molecule has 0 aliphatic heterocycles. The molecule has 1 aromatic heterocycles. The zero-order valence-corrected chi connectivity index (χ0v) is 7.08. The molecule has 0 fully saturated rings. The SMILES string of the molecule is Cc1noc(CCNCCO)n1. The van der Waals surface area contributed by atoms with Crippen molar-refractivity contribution in [3.8, 4) is 0 Å². The number of nitrogens with zero attached hydrogens (tertiary/aromatic N) is 2. The summed E-state index contributed by atoms with van der Waals surface area (Å²) in [4.78, 5) is 4.03. The summed E-state index contributed by atoms with van der Waals surface area (Å²) in [5.74, 6) is 1.30. The van der Waals surface area contributed by atoms with Gasteiger partial charge in [-0.25, -0.2) is 0 Å². The lowest BCUT2D eigenvalue weighted by Crippen LogP contribution is -2.20. The minimum atomic E-state index is 0.156. The molecule has 0 spiro atoms. The van der Waals surface area contributed by atoms with E-state index in [4.69, 9.17) is 9.63 Å². The standard InChI is InChI=1S/C7H13N3O2/c1-6-9-7(12-10-6)2-3-8-4-5-11/h8,11H,2-5H2,1H3. The van der Waals surface area contributed by atoms with E-state index in [9.17, 15) is 0 Å². The van der Waals surface area contributed by atoms with E-state index in [1.165, 1.54) is 0 Å². The first kappa shape index (κ1) is 9.15. The zero-order valence-electron chi connectivity index (χ0n) is 7.08. The van der Waals surface area contributed by atoms with Crippen LogP contribution in [0.5, 0.6) is 0 Å². The normalized spacial score (nSPS) is 10.5. The second-order valence-corrected chi connectivity index (χ2v) is 2.46. The van der Waals surface area contributed by atoms with Crippen molar-refractivity contribution in [1.82, 2.24) is 15.5 Å². The number of aliphatic hydroxyl groups excluding tert-OH is 1. The van der Waals surface area contributed by atoms with Crippen LogP contribution in [0.4, 0.5) is 0 Å². The molecule has 0 aliphatic carbocycles. The quantitative estimate of drug-likeness (QED) is 0.584. The third kappa shape index (κ3) is 2.98. The molecule has 0 unspecified atom stereocenters. The molecule has 5 heteroatoms. The first-order valence-electron chi connectivity index (χ1n) is 3.93. The molecule has 1 aromatic rings. The molecule has 0 radical (unpaired) electrons. The Kier molecular flexibility index (Phi) is 3.69. The van der Waals surface area contributed by atoms with Crippen molar-refractivity contribution >= 4 is 0 Å². The molecule has 0 atom stereocenters. The average molecular weight is 171 g/mol. The topological polar surface area (TPSA) is 71.2 Å². The summed E-state index contributed by atoms with van der Waals surface area (Å²) in [6, 6.07) is 0. The van der Waals surface area contributed by atoms with Crippen LogP contribution in [0.2, 0.25) is 0 Å². The molecule has 0 aliphatic rings. The minimum absolute atomic E-state index is 0.156. The van der Waals surface area contributed by atoms with Gasteiger partial charge in [-0.05, 0) is 6.92 Å². The van der Waals surface area contributed by atoms with Crippen LogP contribution in [0.3, 0.4) is 0 Å². The molecular formula is C7H13N3O2. The smallest absolute Gasteiger partial charge is 0.227 e. The monoisotopic (exact) mass is 171 g/mol. The van der Waals surface area contributed by atoms with Crippen molar-refractivity contribution in [2.75, 3.05) is 19.7 Å². The summed E-state index contributed by atoms with van der Waals surface area (Å²) in [6.45, 7) is 3.30. The zero-order chi connectivity index (χ0) is 8.81. The molecule has 12 heavy (non-hydrogen) atoms. The van der Waals surface area contributed by atoms with Crippen molar-refractivity contribution in [3.05, 3.63) is 11.7 Å². The van der Waals surface area contributed by atoms with E-state index in [0.717, 1.165) is 6.54 Å². The Balaban J connectivity index is 2.15. The van der Waals surface area contributed by atoms with Crippen LogP contribution in [0.1, 0.15) is 11.7 Å². The highest BCUT2D eigenvalue weighted by molar-refractivity contribution is 4.83. The number of rotatable bonds is 5. The Hall–Kier alpha value is -0.940. The summed E-state index contributed by atoms with van der Waals surface area (Å²) in [6.07, 6.45) is 0.709. The van der Waals surface area contributed by atoms with Gasteiger partial charge in [0.15, 0.2) is 5.82 Å². The van der Waals surface area contributed by atoms with Gasteiger partial charge in [0.2, 0.25) is 5.89 Å². The highest BCUT2D eigenvalue weighted by Gasteiger charge is 2.00. The number of hydrogen-bond donors (Lipinski definition) is 2. The minimum Gasteiger partial charge on any atom is -0.395 e. The first-order valence-corrected chi connectivity index (χ1v) is 3.93. The molecule has 2 N–H and O–H groups in total. The summed E-state index contributed by atoms with van der Waals surface area (Å²) in [5, 5.41) is 15.1. The maximum Gasteiger partial charge on any atom is 0.227 e. The Morgan fingerprint density at radius 2 is 2.33 bits per heavy atom. The highest BCUT2D eigenvalue weighted by Crippen LogP contribution is 1.94. The van der Waals surface area contributed by atoms with Gasteiger partial charge in [-0.2, -0.15) is 4.98 Å². The van der Waals surface area contributed by atoms with E-state index in [1.807, 2.05) is 0 Å². The van der Waals surface area contributed by atoms with Crippen molar-refractivity contribution < 1.29 is 9.63 Å². The molecule has 0 bridgehead atoms. The van der Waals surface area contributed by atoms with Gasteiger partial charge in [-0.15, -0.1) is 0 Å². The number of aliphatic hydroxyl groups is 1. The van der Waals surface area contributed by atoms with Crippen LogP contribution in [0, 0.1) is 6.92 Å².